The molecule has 1 saturated heterocycles. The number of ketones is 1. The van der Waals surface area contributed by atoms with E-state index in [4.69, 9.17) is 4.74 Å². The highest BCUT2D eigenvalue weighted by atomic mass is 16.5. The van der Waals surface area contributed by atoms with Crippen LogP contribution in [-0.4, -0.2) is 46.6 Å². The van der Waals surface area contributed by atoms with Gasteiger partial charge in [0.2, 0.25) is 17.6 Å². The second-order valence-corrected chi connectivity index (χ2v) is 6.49. The topological polar surface area (TPSA) is 96.5 Å². The fraction of sp³-hybridized carbons (Fsp3) is 0.444. The standard InChI is InChI=1S/C18H20N2O5/c1-10-7-14(11(2)19-10)15(21)9-25-16(22)8-20-17(23)12-5-3-4-6-13(12)18(20)24/h3-4,7,12-13,19H,5-6,8-9H2,1-2H3/t12-,13+. The van der Waals surface area contributed by atoms with Crippen molar-refractivity contribution in [2.45, 2.75) is 26.7 Å². The average molecular weight is 344 g/mol. The Labute approximate surface area is 145 Å². The molecule has 2 aliphatic rings. The zero-order valence-electron chi connectivity index (χ0n) is 14.2. The summed E-state index contributed by atoms with van der Waals surface area (Å²) in [5, 5.41) is 0. The van der Waals surface area contributed by atoms with Crippen molar-refractivity contribution in [2.24, 2.45) is 11.8 Å². The number of aromatic nitrogens is 1. The summed E-state index contributed by atoms with van der Waals surface area (Å²) in [5.41, 5.74) is 2.02. The van der Waals surface area contributed by atoms with Gasteiger partial charge in [0.25, 0.3) is 0 Å². The van der Waals surface area contributed by atoms with E-state index in [2.05, 4.69) is 4.98 Å². The predicted molar refractivity (Wildman–Crippen MR) is 87.6 cm³/mol. The van der Waals surface area contributed by atoms with Crippen molar-refractivity contribution in [3.63, 3.8) is 0 Å². The SMILES string of the molecule is Cc1cc(C(=O)COC(=O)CN2C(=O)[C@H]3CC=CC[C@H]3C2=O)c(C)[nH]1. The van der Waals surface area contributed by atoms with E-state index in [-0.39, 0.29) is 29.4 Å². The number of imide groups is 1. The van der Waals surface area contributed by atoms with Crippen LogP contribution in [0.5, 0.6) is 0 Å². The van der Waals surface area contributed by atoms with Crippen LogP contribution in [0.25, 0.3) is 0 Å². The fourth-order valence-electron chi connectivity index (χ4n) is 3.44. The van der Waals surface area contributed by atoms with E-state index in [1.807, 2.05) is 19.1 Å². The van der Waals surface area contributed by atoms with E-state index in [1.54, 1.807) is 13.0 Å². The number of aromatic amines is 1. The van der Waals surface area contributed by atoms with E-state index in [1.165, 1.54) is 0 Å². The number of nitrogens with one attached hydrogen (secondary N) is 1. The number of rotatable bonds is 5. The second kappa shape index (κ2) is 6.66. The predicted octanol–water partition coefficient (Wildman–Crippen LogP) is 1.31. The lowest BCUT2D eigenvalue weighted by Gasteiger charge is -2.14. The van der Waals surface area contributed by atoms with Crippen molar-refractivity contribution in [1.82, 2.24) is 9.88 Å². The molecular weight excluding hydrogens is 324 g/mol. The number of H-pyrrole nitrogens is 1. The number of nitrogens with zero attached hydrogens (tertiary/aromatic N) is 1. The molecule has 7 nitrogen and oxygen atoms in total. The Morgan fingerprint density at radius 1 is 1.16 bits per heavy atom. The summed E-state index contributed by atoms with van der Waals surface area (Å²) in [4.78, 5) is 52.6. The molecule has 1 aliphatic carbocycles. The number of fused-ring (bicyclic) bond motifs is 1. The molecule has 0 unspecified atom stereocenters. The van der Waals surface area contributed by atoms with Crippen LogP contribution < -0.4 is 0 Å². The second-order valence-electron chi connectivity index (χ2n) is 6.49. The van der Waals surface area contributed by atoms with Gasteiger partial charge in [0.1, 0.15) is 6.54 Å². The molecule has 25 heavy (non-hydrogen) atoms. The number of hydrogen-bond donors (Lipinski definition) is 1. The third-order valence-electron chi connectivity index (χ3n) is 4.70. The summed E-state index contributed by atoms with van der Waals surface area (Å²) < 4.78 is 4.97. The van der Waals surface area contributed by atoms with Gasteiger partial charge in [-0.15, -0.1) is 0 Å². The van der Waals surface area contributed by atoms with Gasteiger partial charge in [0, 0.05) is 17.0 Å². The van der Waals surface area contributed by atoms with Gasteiger partial charge < -0.3 is 9.72 Å². The highest BCUT2D eigenvalue weighted by Crippen LogP contribution is 2.34. The Balaban J connectivity index is 1.56. The van der Waals surface area contributed by atoms with Gasteiger partial charge in [-0.2, -0.15) is 0 Å². The summed E-state index contributed by atoms with van der Waals surface area (Å²) in [7, 11) is 0. The largest absolute Gasteiger partial charge is 0.456 e. The summed E-state index contributed by atoms with van der Waals surface area (Å²) in [5.74, 6) is -2.51. The van der Waals surface area contributed by atoms with Gasteiger partial charge in [0.05, 0.1) is 11.8 Å². The molecule has 0 radical (unpaired) electrons. The zero-order valence-corrected chi connectivity index (χ0v) is 14.2. The van der Waals surface area contributed by atoms with E-state index in [9.17, 15) is 19.2 Å². The number of amides is 2. The number of carbonyl (C=O) groups excluding carboxylic acids is 4. The number of hydrogen-bond acceptors (Lipinski definition) is 5. The van der Waals surface area contributed by atoms with Gasteiger partial charge >= 0.3 is 5.97 Å². The molecule has 1 aromatic heterocycles. The number of ether oxygens (including phenoxy) is 1. The first-order valence-electron chi connectivity index (χ1n) is 8.23. The summed E-state index contributed by atoms with van der Waals surface area (Å²) >= 11 is 0. The summed E-state index contributed by atoms with van der Waals surface area (Å²) in [6, 6.07) is 1.69. The van der Waals surface area contributed by atoms with E-state index in [0.717, 1.165) is 10.6 Å². The minimum atomic E-state index is -0.758. The normalized spacial score (nSPS) is 22.2. The van der Waals surface area contributed by atoms with Crippen molar-refractivity contribution in [1.29, 1.82) is 0 Å². The van der Waals surface area contributed by atoms with Crippen LogP contribution >= 0.6 is 0 Å². The van der Waals surface area contributed by atoms with Crippen LogP contribution in [0.3, 0.4) is 0 Å². The van der Waals surface area contributed by atoms with Crippen LogP contribution in [0.4, 0.5) is 0 Å². The highest BCUT2D eigenvalue weighted by molar-refractivity contribution is 6.07. The monoisotopic (exact) mass is 344 g/mol. The quantitative estimate of drug-likeness (QED) is 0.376. The molecule has 1 aromatic rings. The number of aryl methyl sites for hydroxylation is 2. The molecule has 0 bridgehead atoms. The Kier molecular flexibility index (Phi) is 4.57. The number of likely N-dealkylation sites (tertiary alicyclic amines) is 1. The molecule has 0 saturated carbocycles. The van der Waals surface area contributed by atoms with Gasteiger partial charge in [0.15, 0.2) is 6.61 Å². The van der Waals surface area contributed by atoms with E-state index in [0.29, 0.717) is 24.1 Å². The van der Waals surface area contributed by atoms with Gasteiger partial charge in [-0.1, -0.05) is 12.2 Å². The average Bonchev–Trinajstić information content (AvgIpc) is 3.05. The minimum absolute atomic E-state index is 0.327. The maximum atomic E-state index is 12.3. The molecule has 2 atom stereocenters. The summed E-state index contributed by atoms with van der Waals surface area (Å²) in [6.45, 7) is 2.73. The lowest BCUT2D eigenvalue weighted by atomic mass is 9.85. The van der Waals surface area contributed by atoms with Crippen molar-refractivity contribution in [2.75, 3.05) is 13.2 Å². The molecule has 2 heterocycles. The summed E-state index contributed by atoms with van der Waals surface area (Å²) in [6.07, 6.45) is 4.80. The van der Waals surface area contributed by atoms with Crippen LogP contribution in [0.2, 0.25) is 0 Å². The number of Topliss-reactive ketones (excluding diaryl/α,β-unsaturated/α-hetero) is 1. The number of carbonyl (C=O) groups is 4. The van der Waals surface area contributed by atoms with Gasteiger partial charge in [-0.05, 0) is 32.8 Å². The smallest absolute Gasteiger partial charge is 0.326 e. The Hall–Kier alpha value is -2.70. The molecule has 1 N–H and O–H groups in total. The molecular formula is C18H20N2O5. The van der Waals surface area contributed by atoms with Crippen molar-refractivity contribution >= 4 is 23.6 Å². The maximum Gasteiger partial charge on any atom is 0.326 e. The molecule has 1 aliphatic heterocycles. The first kappa shape index (κ1) is 17.1. The first-order chi connectivity index (χ1) is 11.9. The minimum Gasteiger partial charge on any atom is -0.456 e. The number of allylic oxidation sites excluding steroid dienone is 2. The Morgan fingerprint density at radius 3 is 2.28 bits per heavy atom. The van der Waals surface area contributed by atoms with Crippen LogP contribution in [0, 0.1) is 25.7 Å². The first-order valence-corrected chi connectivity index (χ1v) is 8.23. The fourth-order valence-corrected chi connectivity index (χ4v) is 3.44. The Morgan fingerprint density at radius 2 is 1.76 bits per heavy atom. The van der Waals surface area contributed by atoms with E-state index < -0.39 is 19.1 Å². The highest BCUT2D eigenvalue weighted by Gasteiger charge is 2.47. The van der Waals surface area contributed by atoms with Crippen LogP contribution in [0.1, 0.15) is 34.6 Å². The Bertz CT molecular complexity index is 750. The zero-order chi connectivity index (χ0) is 18.1. The molecule has 2 amide bonds. The van der Waals surface area contributed by atoms with Gasteiger partial charge in [-0.3, -0.25) is 24.1 Å². The molecule has 1 fully saturated rings. The molecule has 0 spiro atoms. The lowest BCUT2D eigenvalue weighted by molar-refractivity contribution is -0.152. The molecule has 3 rings (SSSR count). The van der Waals surface area contributed by atoms with Crippen LogP contribution in [-0.2, 0) is 19.1 Å². The van der Waals surface area contributed by atoms with E-state index >= 15 is 0 Å². The van der Waals surface area contributed by atoms with Crippen molar-refractivity contribution < 1.29 is 23.9 Å². The van der Waals surface area contributed by atoms with Gasteiger partial charge in [-0.25, -0.2) is 0 Å². The lowest BCUT2D eigenvalue weighted by Crippen LogP contribution is -2.37. The molecule has 7 heteroatoms. The third-order valence-corrected chi connectivity index (χ3v) is 4.70. The molecule has 0 aromatic carbocycles. The van der Waals surface area contributed by atoms with Crippen molar-refractivity contribution in [3.05, 3.63) is 35.2 Å². The third kappa shape index (κ3) is 3.26. The van der Waals surface area contributed by atoms with Crippen molar-refractivity contribution in [3.8, 4) is 0 Å². The maximum absolute atomic E-state index is 12.3. The number of esters is 1. The molecule has 132 valence electrons. The van der Waals surface area contributed by atoms with Crippen LogP contribution in [0.15, 0.2) is 18.2 Å².